The molecule has 4 nitrogen and oxygen atoms in total. The number of nitrogens with two attached hydrogens (primary N) is 2. The number of halogens is 2. The van der Waals surface area contributed by atoms with Crippen LogP contribution in [0, 0.1) is 0 Å². The molecule has 0 aliphatic heterocycles. The van der Waals surface area contributed by atoms with Gasteiger partial charge in [0.2, 0.25) is 0 Å². The fourth-order valence-corrected chi connectivity index (χ4v) is 3.54. The lowest BCUT2D eigenvalue weighted by molar-refractivity contribution is 0.278. The standard InChI is InChI=1S/C27H24F2N2O2/c28-17-27(18-29,19-1-9-23(10-2-19)32-25-13-5-21(30)6-14-25)20-3-11-24(12-4-20)33-26-15-7-22(31)8-16-26/h1-16H,17-18,30-31H2. The van der Waals surface area contributed by atoms with Gasteiger partial charge in [-0.15, -0.1) is 0 Å². The third-order valence-electron chi connectivity index (χ3n) is 5.50. The second kappa shape index (κ2) is 9.61. The number of ether oxygens (including phenoxy) is 2. The van der Waals surface area contributed by atoms with Crippen LogP contribution in [0.3, 0.4) is 0 Å². The van der Waals surface area contributed by atoms with E-state index in [0.29, 0.717) is 45.5 Å². The molecule has 0 heterocycles. The molecule has 0 spiro atoms. The summed E-state index contributed by atoms with van der Waals surface area (Å²) < 4.78 is 40.2. The van der Waals surface area contributed by atoms with Crippen molar-refractivity contribution in [2.45, 2.75) is 5.41 Å². The van der Waals surface area contributed by atoms with E-state index in [-0.39, 0.29) is 0 Å². The maximum Gasteiger partial charge on any atom is 0.127 e. The van der Waals surface area contributed by atoms with Gasteiger partial charge in [-0.3, -0.25) is 0 Å². The molecule has 4 rings (SSSR count). The van der Waals surface area contributed by atoms with Crippen molar-refractivity contribution in [1.82, 2.24) is 0 Å². The lowest BCUT2D eigenvalue weighted by Crippen LogP contribution is -2.32. The van der Waals surface area contributed by atoms with E-state index in [1.165, 1.54) is 0 Å². The third-order valence-corrected chi connectivity index (χ3v) is 5.50. The van der Waals surface area contributed by atoms with Crippen LogP contribution in [0.5, 0.6) is 23.0 Å². The molecule has 33 heavy (non-hydrogen) atoms. The first-order chi connectivity index (χ1) is 16.0. The highest BCUT2D eigenvalue weighted by Crippen LogP contribution is 2.36. The fraction of sp³-hybridized carbons (Fsp3) is 0.111. The Morgan fingerprint density at radius 1 is 0.485 bits per heavy atom. The van der Waals surface area contributed by atoms with Crippen molar-refractivity contribution >= 4 is 11.4 Å². The van der Waals surface area contributed by atoms with Crippen molar-refractivity contribution in [3.63, 3.8) is 0 Å². The number of anilines is 2. The van der Waals surface area contributed by atoms with Gasteiger partial charge in [-0.1, -0.05) is 24.3 Å². The number of hydrogen-bond donors (Lipinski definition) is 2. The molecule has 0 bridgehead atoms. The van der Waals surface area contributed by atoms with Crippen LogP contribution in [0.4, 0.5) is 20.2 Å². The van der Waals surface area contributed by atoms with Crippen LogP contribution in [0.25, 0.3) is 0 Å². The maximum atomic E-state index is 14.3. The van der Waals surface area contributed by atoms with E-state index in [4.69, 9.17) is 20.9 Å². The predicted octanol–water partition coefficient (Wildman–Crippen LogP) is 6.66. The third kappa shape index (κ3) is 4.90. The topological polar surface area (TPSA) is 70.5 Å². The monoisotopic (exact) mass is 446 g/mol. The molecular formula is C27H24F2N2O2. The Labute approximate surface area is 191 Å². The van der Waals surface area contributed by atoms with Crippen LogP contribution >= 0.6 is 0 Å². The minimum absolute atomic E-state index is 0.518. The van der Waals surface area contributed by atoms with Crippen molar-refractivity contribution in [1.29, 1.82) is 0 Å². The SMILES string of the molecule is Nc1ccc(Oc2ccc(C(CF)(CF)c3ccc(Oc4ccc(N)cc4)cc3)cc2)cc1. The molecule has 4 aromatic rings. The van der Waals surface area contributed by atoms with E-state index in [9.17, 15) is 8.78 Å². The molecular weight excluding hydrogens is 422 g/mol. The second-order valence-electron chi connectivity index (χ2n) is 7.74. The van der Waals surface area contributed by atoms with Gasteiger partial charge < -0.3 is 20.9 Å². The minimum atomic E-state index is -1.42. The van der Waals surface area contributed by atoms with Crippen LogP contribution in [0.15, 0.2) is 97.1 Å². The van der Waals surface area contributed by atoms with Gasteiger partial charge in [0, 0.05) is 11.4 Å². The lowest BCUT2D eigenvalue weighted by atomic mass is 9.76. The number of benzene rings is 4. The van der Waals surface area contributed by atoms with E-state index < -0.39 is 18.8 Å². The number of alkyl halides is 2. The molecule has 168 valence electrons. The fourth-order valence-electron chi connectivity index (χ4n) is 3.54. The van der Waals surface area contributed by atoms with Crippen LogP contribution in [-0.4, -0.2) is 13.3 Å². The molecule has 0 unspecified atom stereocenters. The minimum Gasteiger partial charge on any atom is -0.457 e. The summed E-state index contributed by atoms with van der Waals surface area (Å²) in [4.78, 5) is 0. The van der Waals surface area contributed by atoms with Crippen LogP contribution in [-0.2, 0) is 5.41 Å². The largest absolute Gasteiger partial charge is 0.457 e. The van der Waals surface area contributed by atoms with Gasteiger partial charge in [-0.25, -0.2) is 8.78 Å². The second-order valence-corrected chi connectivity index (χ2v) is 7.74. The lowest BCUT2D eigenvalue weighted by Gasteiger charge is -2.29. The number of nitrogen functional groups attached to an aromatic ring is 2. The van der Waals surface area contributed by atoms with E-state index in [0.717, 1.165) is 0 Å². The summed E-state index contributed by atoms with van der Waals surface area (Å²) in [5, 5.41) is 0. The number of hydrogen-bond acceptors (Lipinski definition) is 4. The molecule has 0 saturated carbocycles. The summed E-state index contributed by atoms with van der Waals surface area (Å²) in [6, 6.07) is 27.5. The van der Waals surface area contributed by atoms with Crippen molar-refractivity contribution in [3.05, 3.63) is 108 Å². The predicted molar refractivity (Wildman–Crippen MR) is 127 cm³/mol. The first-order valence-corrected chi connectivity index (χ1v) is 10.4. The molecule has 0 amide bonds. The molecule has 0 fully saturated rings. The molecule has 0 aliphatic rings. The van der Waals surface area contributed by atoms with E-state index in [1.54, 1.807) is 97.1 Å². The van der Waals surface area contributed by atoms with E-state index in [1.807, 2.05) is 0 Å². The van der Waals surface area contributed by atoms with Crippen LogP contribution < -0.4 is 20.9 Å². The Hall–Kier alpha value is -4.06. The Kier molecular flexibility index (Phi) is 6.45. The van der Waals surface area contributed by atoms with Gasteiger partial charge in [0.05, 0.1) is 5.41 Å². The van der Waals surface area contributed by atoms with Crippen molar-refractivity contribution in [2.75, 3.05) is 24.8 Å². The van der Waals surface area contributed by atoms with E-state index in [2.05, 4.69) is 0 Å². The zero-order chi connectivity index (χ0) is 23.3. The summed E-state index contributed by atoms with van der Waals surface area (Å²) in [6.45, 7) is -1.78. The average molecular weight is 446 g/mol. The summed E-state index contributed by atoms with van der Waals surface area (Å²) >= 11 is 0. The molecule has 0 aliphatic carbocycles. The molecule has 0 atom stereocenters. The maximum absolute atomic E-state index is 14.3. The molecule has 0 radical (unpaired) electrons. The summed E-state index contributed by atoms with van der Waals surface area (Å²) in [5.74, 6) is 2.36. The van der Waals surface area contributed by atoms with Crippen LogP contribution in [0.1, 0.15) is 11.1 Å². The normalized spacial score (nSPS) is 11.2. The van der Waals surface area contributed by atoms with Crippen molar-refractivity contribution in [3.8, 4) is 23.0 Å². The Morgan fingerprint density at radius 2 is 0.758 bits per heavy atom. The molecule has 0 aromatic heterocycles. The van der Waals surface area contributed by atoms with Crippen molar-refractivity contribution in [2.24, 2.45) is 0 Å². The number of rotatable bonds is 8. The van der Waals surface area contributed by atoms with Gasteiger partial charge in [0.15, 0.2) is 0 Å². The first-order valence-electron chi connectivity index (χ1n) is 10.4. The summed E-state index contributed by atoms with van der Waals surface area (Å²) in [5.41, 5.74) is 12.3. The van der Waals surface area contributed by atoms with Gasteiger partial charge in [0.1, 0.15) is 36.3 Å². The van der Waals surface area contributed by atoms with Gasteiger partial charge in [-0.05, 0) is 83.9 Å². The van der Waals surface area contributed by atoms with Crippen LogP contribution in [0.2, 0.25) is 0 Å². The van der Waals surface area contributed by atoms with Crippen molar-refractivity contribution < 1.29 is 18.3 Å². The first kappa shape index (κ1) is 22.1. The molecule has 4 aromatic carbocycles. The van der Waals surface area contributed by atoms with E-state index >= 15 is 0 Å². The van der Waals surface area contributed by atoms with Gasteiger partial charge >= 0.3 is 0 Å². The highest BCUT2D eigenvalue weighted by atomic mass is 19.1. The Balaban J connectivity index is 1.54. The summed E-state index contributed by atoms with van der Waals surface area (Å²) in [6.07, 6.45) is 0. The molecule has 6 heteroatoms. The smallest absolute Gasteiger partial charge is 0.127 e. The van der Waals surface area contributed by atoms with Gasteiger partial charge in [0.25, 0.3) is 0 Å². The highest BCUT2D eigenvalue weighted by molar-refractivity contribution is 5.47. The quantitative estimate of drug-likeness (QED) is 0.297. The molecule has 0 saturated heterocycles. The zero-order valence-electron chi connectivity index (χ0n) is 17.9. The zero-order valence-corrected chi connectivity index (χ0v) is 17.9. The molecule has 4 N–H and O–H groups in total. The Morgan fingerprint density at radius 3 is 1.03 bits per heavy atom. The highest BCUT2D eigenvalue weighted by Gasteiger charge is 2.35. The Bertz CT molecular complexity index is 1080. The van der Waals surface area contributed by atoms with Gasteiger partial charge in [-0.2, -0.15) is 0 Å². The average Bonchev–Trinajstić information content (AvgIpc) is 2.85. The summed E-state index contributed by atoms with van der Waals surface area (Å²) in [7, 11) is 0.